The molecule has 0 N–H and O–H groups in total. The molecule has 0 unspecified atom stereocenters. The van der Waals surface area contributed by atoms with Crippen molar-refractivity contribution in [3.8, 4) is 11.5 Å². The van der Waals surface area contributed by atoms with Crippen molar-refractivity contribution in [3.05, 3.63) is 35.9 Å². The molecule has 92 valence electrons. The first kappa shape index (κ1) is 13.8. The Bertz CT molecular complexity index is 388. The highest BCUT2D eigenvalue weighted by atomic mass is 79.9. The Morgan fingerprint density at radius 3 is 2.76 bits per heavy atom. The van der Waals surface area contributed by atoms with Gasteiger partial charge in [0.25, 0.3) is 0 Å². The number of hydrogen-bond acceptors (Lipinski definition) is 3. The monoisotopic (exact) mass is 298 g/mol. The van der Waals surface area contributed by atoms with Crippen molar-refractivity contribution in [1.82, 2.24) is 0 Å². The second-order valence-corrected chi connectivity index (χ2v) is 3.94. The van der Waals surface area contributed by atoms with E-state index < -0.39 is 0 Å². The first-order chi connectivity index (χ1) is 8.31. The van der Waals surface area contributed by atoms with Crippen LogP contribution in [0.15, 0.2) is 30.4 Å². The molecule has 0 atom stereocenters. The molecule has 0 fully saturated rings. The predicted molar refractivity (Wildman–Crippen MR) is 71.2 cm³/mol. The summed E-state index contributed by atoms with van der Waals surface area (Å²) in [6, 6.07) is 5.50. The fourth-order valence-electron chi connectivity index (χ4n) is 1.32. The quantitative estimate of drug-likeness (QED) is 0.441. The first-order valence-corrected chi connectivity index (χ1v) is 6.38. The molecule has 3 nitrogen and oxygen atoms in total. The normalized spacial score (nSPS) is 10.5. The lowest BCUT2D eigenvalue weighted by Gasteiger charge is -2.10. The van der Waals surface area contributed by atoms with E-state index in [1.807, 2.05) is 30.4 Å². The molecule has 1 aromatic rings. The second kappa shape index (κ2) is 7.90. The number of alkyl halides is 1. The van der Waals surface area contributed by atoms with Crippen molar-refractivity contribution in [2.24, 2.45) is 0 Å². The molecule has 0 amide bonds. The lowest BCUT2D eigenvalue weighted by Crippen LogP contribution is -1.98. The number of methoxy groups -OCH3 is 1. The average molecular weight is 299 g/mol. The van der Waals surface area contributed by atoms with Gasteiger partial charge in [0.15, 0.2) is 11.5 Å². The molecule has 0 aromatic heterocycles. The van der Waals surface area contributed by atoms with Crippen LogP contribution in [0.3, 0.4) is 0 Å². The molecule has 0 spiro atoms. The lowest BCUT2D eigenvalue weighted by molar-refractivity contribution is -0.107. The van der Waals surface area contributed by atoms with Crippen molar-refractivity contribution in [2.75, 3.05) is 19.0 Å². The standard InChI is InChI=1S/C13H15BrO3/c1-16-13-10-11(6-8-15)4-5-12(13)17-9-3-2-7-14/h2-5,8,10H,6-7,9H2,1H3/b3-2+. The van der Waals surface area contributed by atoms with Gasteiger partial charge in [-0.25, -0.2) is 0 Å². The molecule has 17 heavy (non-hydrogen) atoms. The Morgan fingerprint density at radius 2 is 2.12 bits per heavy atom. The highest BCUT2D eigenvalue weighted by Gasteiger charge is 2.04. The number of carbonyl (C=O) groups excluding carboxylic acids is 1. The largest absolute Gasteiger partial charge is 0.493 e. The molecule has 0 aliphatic heterocycles. The minimum absolute atomic E-state index is 0.389. The highest BCUT2D eigenvalue weighted by Crippen LogP contribution is 2.28. The summed E-state index contributed by atoms with van der Waals surface area (Å²) in [5, 5.41) is 0.811. The van der Waals surface area contributed by atoms with Crippen molar-refractivity contribution >= 4 is 22.2 Å². The maximum atomic E-state index is 10.4. The van der Waals surface area contributed by atoms with Gasteiger partial charge < -0.3 is 14.3 Å². The zero-order valence-electron chi connectivity index (χ0n) is 9.69. The molecule has 1 rings (SSSR count). The number of allylic oxidation sites excluding steroid dienone is 1. The summed E-state index contributed by atoms with van der Waals surface area (Å²) in [7, 11) is 1.58. The van der Waals surface area contributed by atoms with E-state index in [9.17, 15) is 4.79 Å². The van der Waals surface area contributed by atoms with Gasteiger partial charge in [0.2, 0.25) is 0 Å². The summed E-state index contributed by atoms with van der Waals surface area (Å²) in [5.41, 5.74) is 0.917. The van der Waals surface area contributed by atoms with Crippen LogP contribution in [0.5, 0.6) is 11.5 Å². The Labute approximate surface area is 110 Å². The number of hydrogen-bond donors (Lipinski definition) is 0. The van der Waals surface area contributed by atoms with Gasteiger partial charge in [0.05, 0.1) is 7.11 Å². The molecule has 0 aliphatic carbocycles. The third kappa shape index (κ3) is 4.61. The van der Waals surface area contributed by atoms with E-state index in [0.29, 0.717) is 24.5 Å². The van der Waals surface area contributed by atoms with Crippen molar-refractivity contribution in [3.63, 3.8) is 0 Å². The van der Waals surface area contributed by atoms with Crippen LogP contribution < -0.4 is 9.47 Å². The van der Waals surface area contributed by atoms with Gasteiger partial charge in [-0.05, 0) is 17.7 Å². The molecule has 0 saturated carbocycles. The van der Waals surface area contributed by atoms with Gasteiger partial charge in [-0.15, -0.1) is 0 Å². The van der Waals surface area contributed by atoms with E-state index in [1.165, 1.54) is 0 Å². The van der Waals surface area contributed by atoms with Gasteiger partial charge in [-0.1, -0.05) is 34.1 Å². The molecule has 4 heteroatoms. The number of benzene rings is 1. The number of aldehydes is 1. The summed E-state index contributed by atoms with van der Waals surface area (Å²) in [4.78, 5) is 10.4. The zero-order chi connectivity index (χ0) is 12.5. The fourth-order valence-corrected chi connectivity index (χ4v) is 1.59. The minimum atomic E-state index is 0.389. The summed E-state index contributed by atoms with van der Waals surface area (Å²) in [6.45, 7) is 0.495. The van der Waals surface area contributed by atoms with Crippen LogP contribution in [0.4, 0.5) is 0 Å². The van der Waals surface area contributed by atoms with Crippen LogP contribution in [-0.2, 0) is 11.2 Å². The van der Waals surface area contributed by atoms with Gasteiger partial charge in [-0.3, -0.25) is 0 Å². The molecule has 0 radical (unpaired) electrons. The van der Waals surface area contributed by atoms with Crippen molar-refractivity contribution < 1.29 is 14.3 Å². The third-order valence-corrected chi connectivity index (χ3v) is 2.51. The second-order valence-electron chi connectivity index (χ2n) is 3.29. The number of rotatable bonds is 7. The van der Waals surface area contributed by atoms with E-state index in [1.54, 1.807) is 7.11 Å². The van der Waals surface area contributed by atoms with Crippen LogP contribution in [0, 0.1) is 0 Å². The molecular formula is C13H15BrO3. The summed E-state index contributed by atoms with van der Waals surface area (Å²) in [5.74, 6) is 1.33. The van der Waals surface area contributed by atoms with Crippen LogP contribution >= 0.6 is 15.9 Å². The van der Waals surface area contributed by atoms with Gasteiger partial charge in [0, 0.05) is 11.8 Å². The van der Waals surface area contributed by atoms with Crippen LogP contribution in [0.1, 0.15) is 5.56 Å². The van der Waals surface area contributed by atoms with E-state index in [2.05, 4.69) is 15.9 Å². The summed E-state index contributed by atoms with van der Waals surface area (Å²) >= 11 is 3.29. The first-order valence-electron chi connectivity index (χ1n) is 5.26. The van der Waals surface area contributed by atoms with Crippen LogP contribution in [0.25, 0.3) is 0 Å². The van der Waals surface area contributed by atoms with Crippen LogP contribution in [-0.4, -0.2) is 25.3 Å². The Balaban J connectivity index is 2.70. The summed E-state index contributed by atoms with van der Waals surface area (Å²) in [6.07, 6.45) is 5.15. The maximum absolute atomic E-state index is 10.4. The van der Waals surface area contributed by atoms with Gasteiger partial charge >= 0.3 is 0 Å². The smallest absolute Gasteiger partial charge is 0.161 e. The van der Waals surface area contributed by atoms with Gasteiger partial charge in [0.1, 0.15) is 12.9 Å². The number of halogens is 1. The minimum Gasteiger partial charge on any atom is -0.493 e. The van der Waals surface area contributed by atoms with E-state index in [-0.39, 0.29) is 0 Å². The van der Waals surface area contributed by atoms with Crippen molar-refractivity contribution in [1.29, 1.82) is 0 Å². The van der Waals surface area contributed by atoms with Crippen LogP contribution in [0.2, 0.25) is 0 Å². The Hall–Kier alpha value is -1.29. The maximum Gasteiger partial charge on any atom is 0.161 e. The molecule has 0 heterocycles. The summed E-state index contributed by atoms with van der Waals surface area (Å²) < 4.78 is 10.8. The molecular weight excluding hydrogens is 284 g/mol. The van der Waals surface area contributed by atoms with E-state index in [0.717, 1.165) is 17.2 Å². The average Bonchev–Trinajstić information content (AvgIpc) is 2.36. The van der Waals surface area contributed by atoms with E-state index >= 15 is 0 Å². The number of ether oxygens (including phenoxy) is 2. The Kier molecular flexibility index (Phi) is 6.40. The molecule has 0 saturated heterocycles. The van der Waals surface area contributed by atoms with Crippen molar-refractivity contribution in [2.45, 2.75) is 6.42 Å². The third-order valence-electron chi connectivity index (χ3n) is 2.14. The van der Waals surface area contributed by atoms with E-state index in [4.69, 9.17) is 9.47 Å². The highest BCUT2D eigenvalue weighted by molar-refractivity contribution is 9.09. The molecule has 1 aromatic carbocycles. The lowest BCUT2D eigenvalue weighted by atomic mass is 10.1. The molecule has 0 aliphatic rings. The predicted octanol–water partition coefficient (Wildman–Crippen LogP) is 2.77. The Morgan fingerprint density at radius 1 is 1.29 bits per heavy atom. The SMILES string of the molecule is COc1cc(CC=O)ccc1OC/C=C/CBr. The fraction of sp³-hybridized carbons (Fsp3) is 0.308. The number of carbonyl (C=O) groups is 1. The zero-order valence-corrected chi connectivity index (χ0v) is 11.3. The molecule has 0 bridgehead atoms. The topological polar surface area (TPSA) is 35.5 Å². The van der Waals surface area contributed by atoms with Gasteiger partial charge in [-0.2, -0.15) is 0 Å².